The van der Waals surface area contributed by atoms with Gasteiger partial charge in [-0.1, -0.05) is 58.2 Å². The van der Waals surface area contributed by atoms with Crippen LogP contribution < -0.4 is 4.57 Å². The fourth-order valence-electron chi connectivity index (χ4n) is 7.37. The van der Waals surface area contributed by atoms with Gasteiger partial charge in [-0.3, -0.25) is 0 Å². The first-order valence-electron chi connectivity index (χ1n) is 14.3. The molecule has 0 atom stereocenters. The molecule has 7 rings (SSSR count). The van der Waals surface area contributed by atoms with Crippen molar-refractivity contribution < 1.29 is 4.57 Å². The number of fused-ring (bicyclic) bond motifs is 5. The van der Waals surface area contributed by atoms with Crippen LogP contribution in [0, 0.1) is 19.3 Å². The van der Waals surface area contributed by atoms with Crippen LogP contribution in [0.3, 0.4) is 0 Å². The van der Waals surface area contributed by atoms with E-state index < -0.39 is 0 Å². The molecule has 1 saturated carbocycles. The first kappa shape index (κ1) is 23.0. The lowest BCUT2D eigenvalue weighted by Gasteiger charge is -2.23. The number of hydrogen-bond acceptors (Lipinski definition) is 0. The molecule has 0 radical (unpaired) electrons. The van der Waals surface area contributed by atoms with E-state index in [9.17, 15) is 0 Å². The molecule has 3 aromatic carbocycles. The zero-order chi connectivity index (χ0) is 25.6. The van der Waals surface area contributed by atoms with E-state index in [0.717, 1.165) is 6.42 Å². The average molecular weight is 488 g/mol. The Kier molecular flexibility index (Phi) is 4.94. The van der Waals surface area contributed by atoms with Gasteiger partial charge in [0.25, 0.3) is 0 Å². The lowest BCUT2D eigenvalue weighted by atomic mass is 9.83. The maximum absolute atomic E-state index is 2.64. The van der Waals surface area contributed by atoms with Crippen molar-refractivity contribution in [3.63, 3.8) is 0 Å². The largest absolute Gasteiger partial charge is 0.307 e. The molecule has 0 aliphatic heterocycles. The summed E-state index contributed by atoms with van der Waals surface area (Å²) in [7, 11) is 2.22. The van der Waals surface area contributed by atoms with Crippen molar-refractivity contribution in [1.29, 1.82) is 0 Å². The maximum atomic E-state index is 2.64. The summed E-state index contributed by atoms with van der Waals surface area (Å²) in [5, 5.41) is 6.98. The van der Waals surface area contributed by atoms with Crippen molar-refractivity contribution in [2.45, 2.75) is 79.1 Å². The third kappa shape index (κ3) is 3.41. The number of nitrogens with zero attached hydrogens (tertiary/aromatic N) is 2. The summed E-state index contributed by atoms with van der Waals surface area (Å²) in [4.78, 5) is 0. The molecule has 0 bridgehead atoms. The molecule has 2 heteroatoms. The topological polar surface area (TPSA) is 8.29 Å². The van der Waals surface area contributed by atoms with Crippen LogP contribution in [0.2, 0.25) is 0 Å². The molecular weight excluding hydrogens is 448 g/mol. The highest BCUT2D eigenvalue weighted by atomic mass is 15.0. The van der Waals surface area contributed by atoms with Crippen molar-refractivity contribution >= 4 is 49.0 Å². The fraction of sp³-hybridized carbons (Fsp3) is 0.400. The quantitative estimate of drug-likeness (QED) is 0.131. The predicted octanol–water partition coefficient (Wildman–Crippen LogP) is 9.07. The Morgan fingerprint density at radius 2 is 1.65 bits per heavy atom. The molecule has 0 unspecified atom stereocenters. The highest BCUT2D eigenvalue weighted by molar-refractivity contribution is 6.26. The number of rotatable bonds is 2. The molecule has 1 fully saturated rings. The van der Waals surface area contributed by atoms with Gasteiger partial charge >= 0.3 is 0 Å². The van der Waals surface area contributed by atoms with Gasteiger partial charge in [0.15, 0.2) is 6.20 Å². The minimum atomic E-state index is 0.258. The second-order valence-corrected chi connectivity index (χ2v) is 13.1. The van der Waals surface area contributed by atoms with Gasteiger partial charge in [0, 0.05) is 16.8 Å². The second kappa shape index (κ2) is 7.93. The monoisotopic (exact) mass is 487 g/mol. The van der Waals surface area contributed by atoms with Gasteiger partial charge in [-0.15, -0.1) is 0 Å². The first-order valence-corrected chi connectivity index (χ1v) is 14.3. The van der Waals surface area contributed by atoms with Gasteiger partial charge in [0.2, 0.25) is 5.52 Å². The highest BCUT2D eigenvalue weighted by Crippen LogP contribution is 2.44. The Morgan fingerprint density at radius 1 is 0.865 bits per heavy atom. The molecule has 2 nitrogen and oxygen atoms in total. The summed E-state index contributed by atoms with van der Waals surface area (Å²) >= 11 is 0. The Labute approximate surface area is 220 Å². The predicted molar refractivity (Wildman–Crippen MR) is 158 cm³/mol. The van der Waals surface area contributed by atoms with E-state index >= 15 is 0 Å². The SMILES string of the molecule is Cc1cc2c3ccc(CC(C)(C)C)cc3n3c4cc(C5CCCCC5)cc5cc[n+](C)c(c(c1C)c23)c54. The van der Waals surface area contributed by atoms with E-state index in [4.69, 9.17) is 0 Å². The van der Waals surface area contributed by atoms with Crippen LogP contribution in [-0.4, -0.2) is 4.40 Å². The average Bonchev–Trinajstić information content (AvgIpc) is 3.18. The smallest absolute Gasteiger partial charge is 0.224 e. The summed E-state index contributed by atoms with van der Waals surface area (Å²) in [5.74, 6) is 0.682. The molecule has 0 spiro atoms. The zero-order valence-electron chi connectivity index (χ0n) is 23.3. The molecule has 0 N–H and O–H groups in total. The number of pyridine rings is 2. The van der Waals surface area contributed by atoms with Crippen molar-refractivity contribution in [1.82, 2.24) is 4.40 Å². The van der Waals surface area contributed by atoms with Crippen molar-refractivity contribution in [3.8, 4) is 0 Å². The normalized spacial score (nSPS) is 15.8. The van der Waals surface area contributed by atoms with Crippen LogP contribution in [0.15, 0.2) is 48.7 Å². The van der Waals surface area contributed by atoms with E-state index in [1.807, 2.05) is 0 Å². The number of hydrogen-bond donors (Lipinski definition) is 0. The Hall–Kier alpha value is -3.13. The van der Waals surface area contributed by atoms with Gasteiger partial charge in [-0.25, -0.2) is 4.57 Å². The number of benzene rings is 3. The van der Waals surface area contributed by atoms with Gasteiger partial charge in [0.05, 0.1) is 27.3 Å². The van der Waals surface area contributed by atoms with E-state index in [1.165, 1.54) is 103 Å². The van der Waals surface area contributed by atoms with Crippen LogP contribution in [0.4, 0.5) is 0 Å². The Morgan fingerprint density at radius 3 is 2.41 bits per heavy atom. The van der Waals surface area contributed by atoms with Crippen LogP contribution >= 0.6 is 0 Å². The van der Waals surface area contributed by atoms with Gasteiger partial charge in [0.1, 0.15) is 7.05 Å². The highest BCUT2D eigenvalue weighted by Gasteiger charge is 2.27. The first-order chi connectivity index (χ1) is 17.7. The number of aryl methyl sites for hydroxylation is 3. The van der Waals surface area contributed by atoms with E-state index in [1.54, 1.807) is 0 Å². The fourth-order valence-corrected chi connectivity index (χ4v) is 7.37. The zero-order valence-corrected chi connectivity index (χ0v) is 23.3. The maximum Gasteiger partial charge on any atom is 0.224 e. The van der Waals surface area contributed by atoms with Crippen LogP contribution in [-0.2, 0) is 13.5 Å². The molecule has 6 aromatic rings. The molecule has 1 aliphatic carbocycles. The molecule has 37 heavy (non-hydrogen) atoms. The summed E-state index contributed by atoms with van der Waals surface area (Å²) in [5.41, 5.74) is 11.5. The van der Waals surface area contributed by atoms with Crippen molar-refractivity contribution in [3.05, 3.63) is 70.9 Å². The molecule has 188 valence electrons. The van der Waals surface area contributed by atoms with E-state index in [0.29, 0.717) is 5.92 Å². The third-order valence-corrected chi connectivity index (χ3v) is 9.16. The molecule has 0 amide bonds. The van der Waals surface area contributed by atoms with Crippen molar-refractivity contribution in [2.75, 3.05) is 0 Å². The number of aromatic nitrogens is 2. The summed E-state index contributed by atoms with van der Waals surface area (Å²) < 4.78 is 5.00. The third-order valence-electron chi connectivity index (χ3n) is 9.16. The van der Waals surface area contributed by atoms with E-state index in [-0.39, 0.29) is 5.41 Å². The Bertz CT molecular complexity index is 1840. The van der Waals surface area contributed by atoms with Gasteiger partial charge in [-0.05, 0) is 90.3 Å². The molecule has 3 aromatic heterocycles. The lowest BCUT2D eigenvalue weighted by Crippen LogP contribution is -2.29. The Balaban J connectivity index is 1.71. The van der Waals surface area contributed by atoms with Gasteiger partial charge < -0.3 is 4.40 Å². The van der Waals surface area contributed by atoms with Gasteiger partial charge in [-0.2, -0.15) is 0 Å². The minimum absolute atomic E-state index is 0.258. The molecular formula is C35H39N2+. The summed E-state index contributed by atoms with van der Waals surface area (Å²) in [6.45, 7) is 11.6. The molecule has 1 aliphatic rings. The molecule has 0 saturated heterocycles. The minimum Gasteiger partial charge on any atom is -0.307 e. The van der Waals surface area contributed by atoms with E-state index in [2.05, 4.69) is 99.3 Å². The van der Waals surface area contributed by atoms with Crippen molar-refractivity contribution in [2.24, 2.45) is 12.5 Å². The van der Waals surface area contributed by atoms with Crippen LogP contribution in [0.1, 0.15) is 81.0 Å². The standard InChI is InChI=1S/C35H39N2/c1-21-16-28-27-13-12-23(20-35(3,4)5)17-29(27)37-30-19-26(24-10-8-7-9-11-24)18-25-14-15-36(6)34(32(25)30)31(22(21)2)33(28)37/h12-19,24H,7-11,20H2,1-6H3/q+1. The molecule has 3 heterocycles. The van der Waals surface area contributed by atoms with Crippen LogP contribution in [0.25, 0.3) is 49.0 Å². The lowest BCUT2D eigenvalue weighted by molar-refractivity contribution is -0.643. The van der Waals surface area contributed by atoms with Crippen LogP contribution in [0.5, 0.6) is 0 Å². The summed E-state index contributed by atoms with van der Waals surface area (Å²) in [6.07, 6.45) is 10.1. The summed E-state index contributed by atoms with van der Waals surface area (Å²) in [6, 6.07) is 17.1. The second-order valence-electron chi connectivity index (χ2n) is 13.1.